The third-order valence-corrected chi connectivity index (χ3v) is 2.80. The number of hydrogen-bond donors (Lipinski definition) is 1. The third-order valence-electron chi connectivity index (χ3n) is 2.80. The molecule has 1 unspecified atom stereocenters. The van der Waals surface area contributed by atoms with Crippen molar-refractivity contribution in [1.29, 1.82) is 0 Å². The molecule has 2 nitrogen and oxygen atoms in total. The van der Waals surface area contributed by atoms with Crippen LogP contribution in [0.25, 0.3) is 0 Å². The van der Waals surface area contributed by atoms with Gasteiger partial charge < -0.3 is 10.5 Å². The minimum absolute atomic E-state index is 0.0829. The maximum absolute atomic E-state index is 13.7. The van der Waals surface area contributed by atoms with Crippen LogP contribution in [0.15, 0.2) is 30.4 Å². The average molecular weight is 251 g/mol. The van der Waals surface area contributed by atoms with Gasteiger partial charge in [0, 0.05) is 12.5 Å². The molecule has 1 rings (SSSR count). The van der Waals surface area contributed by atoms with Crippen LogP contribution in [0.2, 0.25) is 0 Å². The van der Waals surface area contributed by atoms with Gasteiger partial charge in [0.15, 0.2) is 11.6 Å². The molecule has 1 aromatic carbocycles. The van der Waals surface area contributed by atoms with Gasteiger partial charge in [-0.05, 0) is 37.5 Å². The van der Waals surface area contributed by atoms with Crippen molar-refractivity contribution < 1.29 is 9.13 Å². The summed E-state index contributed by atoms with van der Waals surface area (Å²) in [5, 5.41) is 0. The molecule has 0 aliphatic heterocycles. The molecule has 18 heavy (non-hydrogen) atoms. The highest BCUT2D eigenvalue weighted by atomic mass is 19.1. The smallest absolute Gasteiger partial charge is 0.165 e. The van der Waals surface area contributed by atoms with Crippen molar-refractivity contribution in [2.75, 3.05) is 6.61 Å². The Bertz CT molecular complexity index is 403. The fourth-order valence-corrected chi connectivity index (χ4v) is 1.57. The Morgan fingerprint density at radius 1 is 1.50 bits per heavy atom. The molecule has 2 N–H and O–H groups in total. The molecule has 0 spiro atoms. The maximum atomic E-state index is 13.7. The highest BCUT2D eigenvalue weighted by Crippen LogP contribution is 2.19. The van der Waals surface area contributed by atoms with E-state index in [2.05, 4.69) is 6.58 Å². The van der Waals surface area contributed by atoms with Gasteiger partial charge in [0.05, 0.1) is 6.61 Å². The van der Waals surface area contributed by atoms with Crippen molar-refractivity contribution in [1.82, 2.24) is 0 Å². The van der Waals surface area contributed by atoms with Gasteiger partial charge in [-0.1, -0.05) is 18.6 Å². The minimum Gasteiger partial charge on any atom is -0.490 e. The van der Waals surface area contributed by atoms with E-state index in [1.165, 1.54) is 6.07 Å². The van der Waals surface area contributed by atoms with Gasteiger partial charge in [0.2, 0.25) is 0 Å². The van der Waals surface area contributed by atoms with Crippen molar-refractivity contribution in [3.63, 3.8) is 0 Å². The summed E-state index contributed by atoms with van der Waals surface area (Å²) in [7, 11) is 0. The van der Waals surface area contributed by atoms with Crippen LogP contribution in [0.5, 0.6) is 5.75 Å². The average Bonchev–Trinajstić information content (AvgIpc) is 2.31. The van der Waals surface area contributed by atoms with Gasteiger partial charge in [-0.15, -0.1) is 6.58 Å². The first-order valence-electron chi connectivity index (χ1n) is 6.34. The number of nitrogens with two attached hydrogens (primary N) is 1. The fourth-order valence-electron chi connectivity index (χ4n) is 1.57. The summed E-state index contributed by atoms with van der Waals surface area (Å²) in [4.78, 5) is 0. The van der Waals surface area contributed by atoms with Crippen molar-refractivity contribution in [2.45, 2.75) is 39.2 Å². The van der Waals surface area contributed by atoms with E-state index in [-0.39, 0.29) is 11.9 Å². The lowest BCUT2D eigenvalue weighted by Gasteiger charge is -2.11. The van der Waals surface area contributed by atoms with Gasteiger partial charge in [0.25, 0.3) is 0 Å². The molecule has 1 atom stereocenters. The van der Waals surface area contributed by atoms with E-state index < -0.39 is 0 Å². The summed E-state index contributed by atoms with van der Waals surface area (Å²) in [6.45, 7) is 8.19. The molecule has 0 amide bonds. The maximum Gasteiger partial charge on any atom is 0.165 e. The van der Waals surface area contributed by atoms with Crippen molar-refractivity contribution in [3.05, 3.63) is 41.7 Å². The zero-order valence-corrected chi connectivity index (χ0v) is 11.2. The van der Waals surface area contributed by atoms with E-state index in [4.69, 9.17) is 10.5 Å². The van der Waals surface area contributed by atoms with E-state index in [0.717, 1.165) is 24.0 Å². The van der Waals surface area contributed by atoms with Crippen molar-refractivity contribution in [3.8, 4) is 5.75 Å². The Labute approximate surface area is 109 Å². The lowest BCUT2D eigenvalue weighted by molar-refractivity contribution is 0.305. The molecule has 3 heteroatoms. The molecule has 0 saturated carbocycles. The molecule has 100 valence electrons. The Morgan fingerprint density at radius 3 is 2.78 bits per heavy atom. The SMILES string of the molecule is C=C(C)CCOc1ccc(CC(N)CC)cc1F. The lowest BCUT2D eigenvalue weighted by atomic mass is 10.0. The molecular formula is C15H22FNO. The van der Waals surface area contributed by atoms with Crippen molar-refractivity contribution in [2.24, 2.45) is 5.73 Å². The summed E-state index contributed by atoms with van der Waals surface area (Å²) >= 11 is 0. The van der Waals surface area contributed by atoms with E-state index in [1.807, 2.05) is 19.9 Å². The predicted molar refractivity (Wildman–Crippen MR) is 73.3 cm³/mol. The quantitative estimate of drug-likeness (QED) is 0.753. The molecule has 0 saturated heterocycles. The topological polar surface area (TPSA) is 35.2 Å². The first-order valence-corrected chi connectivity index (χ1v) is 6.34. The predicted octanol–water partition coefficient (Wildman–Crippen LogP) is 3.45. The zero-order chi connectivity index (χ0) is 13.5. The fraction of sp³-hybridized carbons (Fsp3) is 0.467. The van der Waals surface area contributed by atoms with E-state index in [9.17, 15) is 4.39 Å². The van der Waals surface area contributed by atoms with Crippen LogP contribution in [0.3, 0.4) is 0 Å². The van der Waals surface area contributed by atoms with Crippen LogP contribution in [0.1, 0.15) is 32.3 Å². The van der Waals surface area contributed by atoms with Gasteiger partial charge in [-0.2, -0.15) is 0 Å². The largest absolute Gasteiger partial charge is 0.490 e. The van der Waals surface area contributed by atoms with E-state index >= 15 is 0 Å². The molecule has 0 radical (unpaired) electrons. The molecule has 0 heterocycles. The lowest BCUT2D eigenvalue weighted by Crippen LogP contribution is -2.21. The second-order valence-corrected chi connectivity index (χ2v) is 4.69. The van der Waals surface area contributed by atoms with Gasteiger partial charge in [0.1, 0.15) is 0 Å². The summed E-state index contributed by atoms with van der Waals surface area (Å²) < 4.78 is 19.1. The highest BCUT2D eigenvalue weighted by molar-refractivity contribution is 5.29. The number of ether oxygens (including phenoxy) is 1. The normalized spacial score (nSPS) is 12.2. The van der Waals surface area contributed by atoms with Crippen molar-refractivity contribution >= 4 is 0 Å². The first-order chi connectivity index (χ1) is 8.52. The molecular weight excluding hydrogens is 229 g/mol. The molecule has 0 aliphatic rings. The number of benzene rings is 1. The van der Waals surface area contributed by atoms with Crippen LogP contribution >= 0.6 is 0 Å². The Balaban J connectivity index is 2.59. The van der Waals surface area contributed by atoms with Crippen LogP contribution in [-0.2, 0) is 6.42 Å². The molecule has 0 aliphatic carbocycles. The molecule has 0 aromatic heterocycles. The Hall–Kier alpha value is -1.35. The monoisotopic (exact) mass is 251 g/mol. The Kier molecular flexibility index (Phi) is 5.86. The van der Waals surface area contributed by atoms with Crippen LogP contribution < -0.4 is 10.5 Å². The summed E-state index contributed by atoms with van der Waals surface area (Å²) in [5.41, 5.74) is 7.78. The second-order valence-electron chi connectivity index (χ2n) is 4.69. The molecule has 0 bridgehead atoms. The summed E-state index contributed by atoms with van der Waals surface area (Å²) in [6, 6.07) is 5.13. The molecule has 1 aromatic rings. The minimum atomic E-state index is -0.322. The Morgan fingerprint density at radius 2 is 2.22 bits per heavy atom. The second kappa shape index (κ2) is 7.17. The van der Waals surface area contributed by atoms with Crippen LogP contribution in [0.4, 0.5) is 4.39 Å². The summed E-state index contributed by atoms with van der Waals surface area (Å²) in [5.74, 6) is -0.0254. The van der Waals surface area contributed by atoms with Gasteiger partial charge in [-0.25, -0.2) is 4.39 Å². The number of hydrogen-bond acceptors (Lipinski definition) is 2. The van der Waals surface area contributed by atoms with Crippen LogP contribution in [0, 0.1) is 5.82 Å². The number of halogens is 1. The van der Waals surface area contributed by atoms with Gasteiger partial charge in [-0.3, -0.25) is 0 Å². The third kappa shape index (κ3) is 4.88. The van der Waals surface area contributed by atoms with Crippen LogP contribution in [-0.4, -0.2) is 12.6 Å². The number of rotatable bonds is 7. The molecule has 0 fully saturated rings. The van der Waals surface area contributed by atoms with E-state index in [0.29, 0.717) is 18.8 Å². The first kappa shape index (κ1) is 14.7. The summed E-state index contributed by atoms with van der Waals surface area (Å²) in [6.07, 6.45) is 2.32. The highest BCUT2D eigenvalue weighted by Gasteiger charge is 2.07. The zero-order valence-electron chi connectivity index (χ0n) is 11.2. The van der Waals surface area contributed by atoms with Gasteiger partial charge >= 0.3 is 0 Å². The van der Waals surface area contributed by atoms with E-state index in [1.54, 1.807) is 6.07 Å². The standard InChI is InChI=1S/C15H22FNO/c1-4-13(17)9-12-5-6-15(14(16)10-12)18-8-7-11(2)3/h5-6,10,13H,2,4,7-9,17H2,1,3H3.